The van der Waals surface area contributed by atoms with Gasteiger partial charge in [0, 0.05) is 28.3 Å². The van der Waals surface area contributed by atoms with E-state index in [0.29, 0.717) is 6.54 Å². The number of carbonyl (C=O) groups is 1. The van der Waals surface area contributed by atoms with Crippen LogP contribution in [0.2, 0.25) is 0 Å². The third-order valence-corrected chi connectivity index (χ3v) is 3.90. The number of nitrogens with two attached hydrogens (primary N) is 1. The minimum atomic E-state index is 0.124. The van der Waals surface area contributed by atoms with Gasteiger partial charge in [-0.1, -0.05) is 6.07 Å². The molecule has 0 aliphatic carbocycles. The predicted molar refractivity (Wildman–Crippen MR) is 76.9 cm³/mol. The summed E-state index contributed by atoms with van der Waals surface area (Å²) in [6, 6.07) is 7.95. The van der Waals surface area contributed by atoms with Crippen molar-refractivity contribution in [2.24, 2.45) is 5.73 Å². The molecule has 1 atom stereocenters. The van der Waals surface area contributed by atoms with E-state index >= 15 is 0 Å². The second-order valence-corrected chi connectivity index (χ2v) is 5.64. The maximum atomic E-state index is 12.4. The molecule has 1 aromatic rings. The summed E-state index contributed by atoms with van der Waals surface area (Å²) in [5, 5.41) is 0. The van der Waals surface area contributed by atoms with E-state index in [1.165, 1.54) is 6.42 Å². The Morgan fingerprint density at radius 3 is 3.00 bits per heavy atom. The first-order chi connectivity index (χ1) is 8.22. The molecule has 1 heterocycles. The molecule has 1 amide bonds. The SMILES string of the molecule is NCC1CCCCN1C(=O)c1cccc(I)c1. The van der Waals surface area contributed by atoms with Gasteiger partial charge in [0.1, 0.15) is 0 Å². The van der Waals surface area contributed by atoms with Crippen LogP contribution in [0.4, 0.5) is 0 Å². The molecular formula is C13H17IN2O. The molecule has 0 radical (unpaired) electrons. The molecule has 0 bridgehead atoms. The van der Waals surface area contributed by atoms with Crippen molar-refractivity contribution in [1.82, 2.24) is 4.90 Å². The topological polar surface area (TPSA) is 46.3 Å². The van der Waals surface area contributed by atoms with Gasteiger partial charge in [-0.25, -0.2) is 0 Å². The molecule has 1 aromatic carbocycles. The van der Waals surface area contributed by atoms with E-state index in [4.69, 9.17) is 5.73 Å². The standard InChI is InChI=1S/C13H17IN2O/c14-11-5-3-4-10(8-11)13(17)16-7-2-1-6-12(16)9-15/h3-5,8,12H,1-2,6-7,9,15H2. The molecule has 1 saturated heterocycles. The number of benzene rings is 1. The van der Waals surface area contributed by atoms with Crippen LogP contribution >= 0.6 is 22.6 Å². The lowest BCUT2D eigenvalue weighted by atomic mass is 10.0. The van der Waals surface area contributed by atoms with Crippen molar-refractivity contribution in [1.29, 1.82) is 0 Å². The van der Waals surface area contributed by atoms with Crippen LogP contribution in [-0.2, 0) is 0 Å². The Morgan fingerprint density at radius 1 is 1.47 bits per heavy atom. The summed E-state index contributed by atoms with van der Waals surface area (Å²) in [5.41, 5.74) is 6.52. The van der Waals surface area contributed by atoms with Crippen LogP contribution in [0.5, 0.6) is 0 Å². The molecule has 2 rings (SSSR count). The first-order valence-electron chi connectivity index (χ1n) is 5.99. The molecule has 92 valence electrons. The van der Waals surface area contributed by atoms with Gasteiger partial charge in [0.15, 0.2) is 0 Å². The molecule has 1 unspecified atom stereocenters. The van der Waals surface area contributed by atoms with E-state index in [2.05, 4.69) is 22.6 Å². The van der Waals surface area contributed by atoms with Gasteiger partial charge < -0.3 is 10.6 Å². The summed E-state index contributed by atoms with van der Waals surface area (Å²) < 4.78 is 1.09. The Balaban J connectivity index is 2.18. The van der Waals surface area contributed by atoms with Gasteiger partial charge in [-0.15, -0.1) is 0 Å². The zero-order chi connectivity index (χ0) is 12.3. The molecule has 2 N–H and O–H groups in total. The highest BCUT2D eigenvalue weighted by Gasteiger charge is 2.26. The fourth-order valence-corrected chi connectivity index (χ4v) is 2.84. The van der Waals surface area contributed by atoms with Crippen molar-refractivity contribution in [2.75, 3.05) is 13.1 Å². The predicted octanol–water partition coefficient (Wildman–Crippen LogP) is 2.24. The van der Waals surface area contributed by atoms with E-state index in [-0.39, 0.29) is 11.9 Å². The normalized spacial score (nSPS) is 20.4. The van der Waals surface area contributed by atoms with Crippen LogP contribution in [0.15, 0.2) is 24.3 Å². The van der Waals surface area contributed by atoms with E-state index in [1.807, 2.05) is 29.2 Å². The molecule has 3 nitrogen and oxygen atoms in total. The molecule has 1 aliphatic rings. The first-order valence-corrected chi connectivity index (χ1v) is 7.07. The fourth-order valence-electron chi connectivity index (χ4n) is 2.30. The van der Waals surface area contributed by atoms with E-state index in [0.717, 1.165) is 28.5 Å². The van der Waals surface area contributed by atoms with Crippen molar-refractivity contribution >= 4 is 28.5 Å². The average molecular weight is 344 g/mol. The lowest BCUT2D eigenvalue weighted by molar-refractivity contribution is 0.0623. The molecule has 0 spiro atoms. The number of carbonyl (C=O) groups excluding carboxylic acids is 1. The van der Waals surface area contributed by atoms with Crippen molar-refractivity contribution in [2.45, 2.75) is 25.3 Å². The lowest BCUT2D eigenvalue weighted by Crippen LogP contribution is -2.47. The number of rotatable bonds is 2. The molecule has 17 heavy (non-hydrogen) atoms. The summed E-state index contributed by atoms with van der Waals surface area (Å²) in [6.45, 7) is 1.40. The van der Waals surface area contributed by atoms with Crippen LogP contribution < -0.4 is 5.73 Å². The third-order valence-electron chi connectivity index (χ3n) is 3.23. The number of piperidine rings is 1. The number of amides is 1. The number of likely N-dealkylation sites (tertiary alicyclic amines) is 1. The quantitative estimate of drug-likeness (QED) is 0.837. The number of nitrogens with zero attached hydrogens (tertiary/aromatic N) is 1. The van der Waals surface area contributed by atoms with Crippen molar-refractivity contribution in [3.63, 3.8) is 0 Å². The van der Waals surface area contributed by atoms with Gasteiger partial charge in [-0.05, 0) is 60.1 Å². The smallest absolute Gasteiger partial charge is 0.254 e. The number of halogens is 1. The van der Waals surface area contributed by atoms with Gasteiger partial charge in [0.25, 0.3) is 5.91 Å². The molecule has 4 heteroatoms. The van der Waals surface area contributed by atoms with Gasteiger partial charge in [0.2, 0.25) is 0 Å². The maximum Gasteiger partial charge on any atom is 0.254 e. The summed E-state index contributed by atoms with van der Waals surface area (Å²) in [4.78, 5) is 14.3. The van der Waals surface area contributed by atoms with Crippen LogP contribution in [0.3, 0.4) is 0 Å². The largest absolute Gasteiger partial charge is 0.334 e. The van der Waals surface area contributed by atoms with Crippen molar-refractivity contribution in [3.05, 3.63) is 33.4 Å². The summed E-state index contributed by atoms with van der Waals surface area (Å²) in [7, 11) is 0. The van der Waals surface area contributed by atoms with Gasteiger partial charge in [-0.2, -0.15) is 0 Å². The van der Waals surface area contributed by atoms with E-state index in [1.54, 1.807) is 0 Å². The Bertz CT molecular complexity index is 408. The molecule has 1 fully saturated rings. The Hall–Kier alpha value is -0.620. The zero-order valence-corrected chi connectivity index (χ0v) is 11.9. The van der Waals surface area contributed by atoms with Crippen LogP contribution in [0.25, 0.3) is 0 Å². The number of hydrogen-bond donors (Lipinski definition) is 1. The van der Waals surface area contributed by atoms with Crippen LogP contribution in [0, 0.1) is 3.57 Å². The fraction of sp³-hybridized carbons (Fsp3) is 0.462. The first kappa shape index (κ1) is 12.8. The maximum absolute atomic E-state index is 12.4. The highest BCUT2D eigenvalue weighted by molar-refractivity contribution is 14.1. The second kappa shape index (κ2) is 5.82. The minimum Gasteiger partial charge on any atom is -0.334 e. The van der Waals surface area contributed by atoms with Crippen LogP contribution in [-0.4, -0.2) is 29.9 Å². The summed E-state index contributed by atoms with van der Waals surface area (Å²) >= 11 is 2.23. The van der Waals surface area contributed by atoms with E-state index < -0.39 is 0 Å². The van der Waals surface area contributed by atoms with E-state index in [9.17, 15) is 4.79 Å². The molecule has 1 aliphatic heterocycles. The molecular weight excluding hydrogens is 327 g/mol. The average Bonchev–Trinajstić information content (AvgIpc) is 2.38. The summed E-state index contributed by atoms with van der Waals surface area (Å²) in [6.07, 6.45) is 3.30. The Morgan fingerprint density at radius 2 is 2.29 bits per heavy atom. The third kappa shape index (κ3) is 2.98. The van der Waals surface area contributed by atoms with Gasteiger partial charge in [-0.3, -0.25) is 4.79 Å². The zero-order valence-electron chi connectivity index (χ0n) is 9.73. The van der Waals surface area contributed by atoms with Crippen molar-refractivity contribution < 1.29 is 4.79 Å². The highest BCUT2D eigenvalue weighted by atomic mass is 127. The van der Waals surface area contributed by atoms with Crippen molar-refractivity contribution in [3.8, 4) is 0 Å². The number of hydrogen-bond acceptors (Lipinski definition) is 2. The molecule has 0 aromatic heterocycles. The van der Waals surface area contributed by atoms with Gasteiger partial charge >= 0.3 is 0 Å². The lowest BCUT2D eigenvalue weighted by Gasteiger charge is -2.35. The van der Waals surface area contributed by atoms with Gasteiger partial charge in [0.05, 0.1) is 0 Å². The molecule has 0 saturated carbocycles. The Kier molecular flexibility index (Phi) is 4.39. The monoisotopic (exact) mass is 344 g/mol. The highest BCUT2D eigenvalue weighted by Crippen LogP contribution is 2.19. The van der Waals surface area contributed by atoms with Crippen LogP contribution in [0.1, 0.15) is 29.6 Å². The summed E-state index contributed by atoms with van der Waals surface area (Å²) in [5.74, 6) is 0.124. The minimum absolute atomic E-state index is 0.124. The second-order valence-electron chi connectivity index (χ2n) is 4.39. The Labute approximate surface area is 116 Å².